The number of rotatable bonds is 6. The molecule has 0 saturated heterocycles. The van der Waals surface area contributed by atoms with Gasteiger partial charge in [0.25, 0.3) is 5.91 Å². The molecule has 4 nitrogen and oxygen atoms in total. The van der Waals surface area contributed by atoms with Crippen molar-refractivity contribution in [3.63, 3.8) is 0 Å². The highest BCUT2D eigenvalue weighted by Crippen LogP contribution is 2.14. The van der Waals surface area contributed by atoms with Crippen LogP contribution in [0.2, 0.25) is 10.0 Å². The molecule has 0 atom stereocenters. The van der Waals surface area contributed by atoms with Crippen molar-refractivity contribution >= 4 is 35.0 Å². The van der Waals surface area contributed by atoms with Gasteiger partial charge in [-0.3, -0.25) is 9.59 Å². The van der Waals surface area contributed by atoms with E-state index in [2.05, 4.69) is 5.32 Å². The van der Waals surface area contributed by atoms with Crippen LogP contribution in [0.15, 0.2) is 48.5 Å². The van der Waals surface area contributed by atoms with Crippen molar-refractivity contribution in [2.75, 3.05) is 13.1 Å². The second-order valence-electron chi connectivity index (χ2n) is 5.30. The molecular formula is C18H18Cl2N2O2. The zero-order valence-electron chi connectivity index (χ0n) is 13.3. The predicted molar refractivity (Wildman–Crippen MR) is 96.3 cm³/mol. The molecular weight excluding hydrogens is 347 g/mol. The number of hydrogen-bond acceptors (Lipinski definition) is 2. The molecule has 0 aromatic heterocycles. The molecule has 0 radical (unpaired) electrons. The van der Waals surface area contributed by atoms with Crippen LogP contribution in [-0.4, -0.2) is 29.8 Å². The van der Waals surface area contributed by atoms with Crippen LogP contribution >= 0.6 is 23.2 Å². The van der Waals surface area contributed by atoms with Gasteiger partial charge in [-0.15, -0.1) is 0 Å². The molecule has 0 spiro atoms. The summed E-state index contributed by atoms with van der Waals surface area (Å²) in [5, 5.41) is 3.84. The summed E-state index contributed by atoms with van der Waals surface area (Å²) in [7, 11) is 0. The number of amides is 2. The summed E-state index contributed by atoms with van der Waals surface area (Å²) in [6.07, 6.45) is 0. The van der Waals surface area contributed by atoms with Gasteiger partial charge in [0.2, 0.25) is 5.91 Å². The molecule has 126 valence electrons. The third-order valence-electron chi connectivity index (χ3n) is 3.52. The third kappa shape index (κ3) is 5.25. The standard InChI is InChI=1S/C18H18Cl2N2O2/c1-13(23)22(12-14-6-8-15(19)9-7-14)11-10-21-18(24)16-4-2-3-5-17(16)20/h2-9H,10-12H2,1H3,(H,21,24). The van der Waals surface area contributed by atoms with Crippen molar-refractivity contribution < 1.29 is 9.59 Å². The maximum Gasteiger partial charge on any atom is 0.252 e. The first-order chi connectivity index (χ1) is 11.5. The first-order valence-electron chi connectivity index (χ1n) is 7.50. The largest absolute Gasteiger partial charge is 0.350 e. The number of hydrogen-bond donors (Lipinski definition) is 1. The van der Waals surface area contributed by atoms with Crippen molar-refractivity contribution in [3.05, 3.63) is 69.7 Å². The Balaban J connectivity index is 1.90. The van der Waals surface area contributed by atoms with Crippen molar-refractivity contribution in [2.24, 2.45) is 0 Å². The van der Waals surface area contributed by atoms with E-state index in [-0.39, 0.29) is 11.8 Å². The number of nitrogens with zero attached hydrogens (tertiary/aromatic N) is 1. The lowest BCUT2D eigenvalue weighted by Gasteiger charge is -2.21. The number of carbonyl (C=O) groups excluding carboxylic acids is 2. The van der Waals surface area contributed by atoms with Crippen molar-refractivity contribution in [1.29, 1.82) is 0 Å². The van der Waals surface area contributed by atoms with Crippen LogP contribution in [0, 0.1) is 0 Å². The van der Waals surface area contributed by atoms with Crippen molar-refractivity contribution in [3.8, 4) is 0 Å². The van der Waals surface area contributed by atoms with Crippen LogP contribution in [0.25, 0.3) is 0 Å². The van der Waals surface area contributed by atoms with Crippen LogP contribution < -0.4 is 5.32 Å². The van der Waals surface area contributed by atoms with E-state index in [1.807, 2.05) is 12.1 Å². The number of halogens is 2. The SMILES string of the molecule is CC(=O)N(CCNC(=O)c1ccccc1Cl)Cc1ccc(Cl)cc1. The Morgan fingerprint density at radius 2 is 1.71 bits per heavy atom. The van der Waals surface area contributed by atoms with Gasteiger partial charge in [-0.25, -0.2) is 0 Å². The summed E-state index contributed by atoms with van der Waals surface area (Å²) in [6, 6.07) is 14.2. The smallest absolute Gasteiger partial charge is 0.252 e. The van der Waals surface area contributed by atoms with Crippen LogP contribution in [0.3, 0.4) is 0 Å². The molecule has 2 amide bonds. The Hall–Kier alpha value is -2.04. The molecule has 0 aliphatic carbocycles. The first-order valence-corrected chi connectivity index (χ1v) is 8.25. The van der Waals surface area contributed by atoms with Gasteiger partial charge in [0.1, 0.15) is 0 Å². The van der Waals surface area contributed by atoms with E-state index < -0.39 is 0 Å². The molecule has 0 aliphatic heterocycles. The average Bonchev–Trinajstić information content (AvgIpc) is 2.56. The monoisotopic (exact) mass is 364 g/mol. The normalized spacial score (nSPS) is 10.3. The van der Waals surface area contributed by atoms with E-state index in [0.717, 1.165) is 5.56 Å². The molecule has 1 N–H and O–H groups in total. The maximum atomic E-state index is 12.1. The molecule has 24 heavy (non-hydrogen) atoms. The lowest BCUT2D eigenvalue weighted by atomic mass is 10.2. The van der Waals surface area contributed by atoms with E-state index in [4.69, 9.17) is 23.2 Å². The lowest BCUT2D eigenvalue weighted by molar-refractivity contribution is -0.129. The fourth-order valence-corrected chi connectivity index (χ4v) is 2.55. The van der Waals surface area contributed by atoms with Crippen LogP contribution in [0.1, 0.15) is 22.8 Å². The van der Waals surface area contributed by atoms with Gasteiger partial charge in [0.15, 0.2) is 0 Å². The Morgan fingerprint density at radius 1 is 1.04 bits per heavy atom. The molecule has 0 bridgehead atoms. The van der Waals surface area contributed by atoms with Gasteiger partial charge in [-0.2, -0.15) is 0 Å². The summed E-state index contributed by atoms with van der Waals surface area (Å²) in [4.78, 5) is 25.5. The Labute approximate surface area is 151 Å². The molecule has 0 fully saturated rings. The van der Waals surface area contributed by atoms with Crippen LogP contribution in [0.5, 0.6) is 0 Å². The lowest BCUT2D eigenvalue weighted by Crippen LogP contribution is -2.37. The van der Waals surface area contributed by atoms with Gasteiger partial charge in [0.05, 0.1) is 10.6 Å². The highest BCUT2D eigenvalue weighted by atomic mass is 35.5. The predicted octanol–water partition coefficient (Wildman–Crippen LogP) is 3.77. The molecule has 2 aromatic rings. The highest BCUT2D eigenvalue weighted by molar-refractivity contribution is 6.33. The Bertz CT molecular complexity index is 717. The van der Waals surface area contributed by atoms with Crippen LogP contribution in [0.4, 0.5) is 0 Å². The summed E-state index contributed by atoms with van der Waals surface area (Å²) >= 11 is 11.9. The van der Waals surface area contributed by atoms with E-state index in [1.54, 1.807) is 41.3 Å². The Morgan fingerprint density at radius 3 is 2.33 bits per heavy atom. The number of carbonyl (C=O) groups is 2. The number of benzene rings is 2. The summed E-state index contributed by atoms with van der Waals surface area (Å²) in [5.74, 6) is -0.312. The second kappa shape index (κ2) is 8.71. The maximum absolute atomic E-state index is 12.1. The molecule has 0 saturated carbocycles. The Kier molecular flexibility index (Phi) is 6.64. The zero-order valence-corrected chi connectivity index (χ0v) is 14.8. The molecule has 2 aromatic carbocycles. The van der Waals surface area contributed by atoms with Gasteiger partial charge in [-0.1, -0.05) is 47.5 Å². The van der Waals surface area contributed by atoms with Gasteiger partial charge in [-0.05, 0) is 29.8 Å². The number of nitrogens with one attached hydrogen (secondary N) is 1. The third-order valence-corrected chi connectivity index (χ3v) is 4.10. The topological polar surface area (TPSA) is 49.4 Å². The molecule has 2 rings (SSSR count). The highest BCUT2D eigenvalue weighted by Gasteiger charge is 2.12. The van der Waals surface area contributed by atoms with E-state index >= 15 is 0 Å². The van der Waals surface area contributed by atoms with Crippen LogP contribution in [-0.2, 0) is 11.3 Å². The summed E-state index contributed by atoms with van der Waals surface area (Å²) in [6.45, 7) is 2.73. The van der Waals surface area contributed by atoms with Gasteiger partial charge >= 0.3 is 0 Å². The fraction of sp³-hybridized carbons (Fsp3) is 0.222. The molecule has 6 heteroatoms. The van der Waals surface area contributed by atoms with Crippen molar-refractivity contribution in [2.45, 2.75) is 13.5 Å². The molecule has 0 heterocycles. The van der Waals surface area contributed by atoms with Crippen molar-refractivity contribution in [1.82, 2.24) is 10.2 Å². The minimum Gasteiger partial charge on any atom is -0.350 e. The van der Waals surface area contributed by atoms with E-state index in [1.165, 1.54) is 6.92 Å². The van der Waals surface area contributed by atoms with Gasteiger partial charge in [0, 0.05) is 31.6 Å². The molecule has 0 aliphatic rings. The minimum absolute atomic E-state index is 0.0584. The van der Waals surface area contributed by atoms with E-state index in [0.29, 0.717) is 35.2 Å². The summed E-state index contributed by atoms with van der Waals surface area (Å²) in [5.41, 5.74) is 1.40. The molecule has 0 unspecified atom stereocenters. The summed E-state index contributed by atoms with van der Waals surface area (Å²) < 4.78 is 0. The van der Waals surface area contributed by atoms with Gasteiger partial charge < -0.3 is 10.2 Å². The average molecular weight is 365 g/mol. The van der Waals surface area contributed by atoms with E-state index in [9.17, 15) is 9.59 Å². The fourth-order valence-electron chi connectivity index (χ4n) is 2.20. The quantitative estimate of drug-likeness (QED) is 0.847. The zero-order chi connectivity index (χ0) is 17.5. The first kappa shape index (κ1) is 18.3. The second-order valence-corrected chi connectivity index (χ2v) is 6.15. The minimum atomic E-state index is -0.254.